The van der Waals surface area contributed by atoms with Crippen LogP contribution in [-0.2, 0) is 9.47 Å². The molecule has 1 aromatic rings. The number of hydrogen-bond acceptors (Lipinski definition) is 4. The summed E-state index contributed by atoms with van der Waals surface area (Å²) in [5.74, 6) is -0.692. The Morgan fingerprint density at radius 3 is 2.94 bits per heavy atom. The van der Waals surface area contributed by atoms with Gasteiger partial charge in [-0.25, -0.2) is 0 Å². The van der Waals surface area contributed by atoms with E-state index in [0.717, 1.165) is 0 Å². The fraction of sp³-hybridized carbons (Fsp3) is 0.385. The van der Waals surface area contributed by atoms with E-state index in [0.29, 0.717) is 12.3 Å². The Morgan fingerprint density at radius 2 is 2.35 bits per heavy atom. The van der Waals surface area contributed by atoms with Crippen LogP contribution in [0.15, 0.2) is 36.5 Å². The zero-order valence-corrected chi connectivity index (χ0v) is 9.92. The van der Waals surface area contributed by atoms with Gasteiger partial charge in [-0.1, -0.05) is 6.07 Å². The quantitative estimate of drug-likeness (QED) is 0.591. The van der Waals surface area contributed by atoms with Crippen molar-refractivity contribution in [3.8, 4) is 0 Å². The minimum atomic E-state index is -0.566. The number of hydrogen-bond donors (Lipinski definition) is 0. The van der Waals surface area contributed by atoms with Crippen molar-refractivity contribution < 1.29 is 14.3 Å². The van der Waals surface area contributed by atoms with Crippen LogP contribution in [0.5, 0.6) is 0 Å². The van der Waals surface area contributed by atoms with E-state index in [1.165, 1.54) is 6.08 Å². The van der Waals surface area contributed by atoms with Gasteiger partial charge >= 0.3 is 0 Å². The first-order valence-electron chi connectivity index (χ1n) is 5.52. The summed E-state index contributed by atoms with van der Waals surface area (Å²) in [6, 6.07) is 5.24. The maximum atomic E-state index is 11.7. The van der Waals surface area contributed by atoms with Gasteiger partial charge < -0.3 is 9.47 Å². The highest BCUT2D eigenvalue weighted by Crippen LogP contribution is 2.22. The lowest BCUT2D eigenvalue weighted by atomic mass is 10.2. The average Bonchev–Trinajstić information content (AvgIpc) is 2.67. The van der Waals surface area contributed by atoms with Gasteiger partial charge in [-0.3, -0.25) is 9.78 Å². The van der Waals surface area contributed by atoms with Crippen molar-refractivity contribution in [2.45, 2.75) is 25.7 Å². The van der Waals surface area contributed by atoms with E-state index in [9.17, 15) is 4.79 Å². The third-order valence-corrected chi connectivity index (χ3v) is 2.41. The van der Waals surface area contributed by atoms with E-state index in [2.05, 4.69) is 4.98 Å². The van der Waals surface area contributed by atoms with Gasteiger partial charge in [-0.05, 0) is 38.1 Å². The molecular weight excluding hydrogens is 218 g/mol. The molecule has 1 saturated heterocycles. The monoisotopic (exact) mass is 233 g/mol. The van der Waals surface area contributed by atoms with Gasteiger partial charge in [0.05, 0.1) is 6.61 Å². The zero-order valence-electron chi connectivity index (χ0n) is 9.92. The number of aromatic nitrogens is 1. The first kappa shape index (κ1) is 12.0. The molecule has 0 bridgehead atoms. The summed E-state index contributed by atoms with van der Waals surface area (Å²) in [5, 5.41) is 0. The smallest absolute Gasteiger partial charge is 0.203 e. The molecule has 1 aliphatic rings. The molecule has 1 fully saturated rings. The third-order valence-electron chi connectivity index (χ3n) is 2.41. The molecule has 1 atom stereocenters. The summed E-state index contributed by atoms with van der Waals surface area (Å²) in [6.07, 6.45) is 4.63. The first-order chi connectivity index (χ1) is 8.07. The number of nitrogens with zero attached hydrogens (tertiary/aromatic N) is 1. The van der Waals surface area contributed by atoms with Crippen LogP contribution in [0, 0.1) is 0 Å². The molecule has 0 radical (unpaired) electrons. The van der Waals surface area contributed by atoms with Gasteiger partial charge in [0.1, 0.15) is 11.8 Å². The van der Waals surface area contributed by atoms with Gasteiger partial charge in [0, 0.05) is 6.20 Å². The topological polar surface area (TPSA) is 48.4 Å². The van der Waals surface area contributed by atoms with E-state index in [1.807, 2.05) is 13.8 Å². The molecule has 4 heteroatoms. The van der Waals surface area contributed by atoms with Crippen LogP contribution in [0.4, 0.5) is 0 Å². The molecule has 0 saturated carbocycles. The molecule has 1 aliphatic heterocycles. The molecule has 2 heterocycles. The van der Waals surface area contributed by atoms with E-state index in [-0.39, 0.29) is 11.9 Å². The van der Waals surface area contributed by atoms with Crippen molar-refractivity contribution in [2.75, 3.05) is 6.61 Å². The van der Waals surface area contributed by atoms with Gasteiger partial charge in [-0.15, -0.1) is 0 Å². The van der Waals surface area contributed by atoms with Crippen molar-refractivity contribution in [3.05, 3.63) is 42.2 Å². The highest BCUT2D eigenvalue weighted by atomic mass is 16.7. The summed E-state index contributed by atoms with van der Waals surface area (Å²) in [5.41, 5.74) is 0.432. The lowest BCUT2D eigenvalue weighted by Gasteiger charge is -2.15. The average molecular weight is 233 g/mol. The van der Waals surface area contributed by atoms with Crippen LogP contribution in [-0.4, -0.2) is 29.3 Å². The number of rotatable bonds is 3. The number of ether oxygens (including phenoxy) is 2. The fourth-order valence-corrected chi connectivity index (χ4v) is 1.60. The highest BCUT2D eigenvalue weighted by molar-refractivity contribution is 6.02. The number of carbonyl (C=O) groups is 1. The Bertz CT molecular complexity index is 426. The Hall–Kier alpha value is -1.52. The van der Waals surface area contributed by atoms with Crippen LogP contribution in [0.2, 0.25) is 0 Å². The molecule has 0 spiro atoms. The Kier molecular flexibility index (Phi) is 3.36. The molecule has 0 N–H and O–H groups in total. The maximum absolute atomic E-state index is 11.7. The molecule has 2 rings (SSSR count). The van der Waals surface area contributed by atoms with Crippen LogP contribution < -0.4 is 0 Å². The summed E-state index contributed by atoms with van der Waals surface area (Å²) in [6.45, 7) is 4.17. The molecule has 0 aliphatic carbocycles. The van der Waals surface area contributed by atoms with Gasteiger partial charge in [0.15, 0.2) is 5.79 Å². The second-order valence-electron chi connectivity index (χ2n) is 4.31. The Balaban J connectivity index is 1.96. The third kappa shape index (κ3) is 3.22. The van der Waals surface area contributed by atoms with Gasteiger partial charge in [0.2, 0.25) is 5.78 Å². The molecule has 0 amide bonds. The highest BCUT2D eigenvalue weighted by Gasteiger charge is 2.31. The van der Waals surface area contributed by atoms with Gasteiger partial charge in [0.25, 0.3) is 0 Å². The molecule has 90 valence electrons. The lowest BCUT2D eigenvalue weighted by Crippen LogP contribution is -2.20. The van der Waals surface area contributed by atoms with Crippen molar-refractivity contribution in [1.29, 1.82) is 0 Å². The largest absolute Gasteiger partial charge is 0.347 e. The van der Waals surface area contributed by atoms with Crippen molar-refractivity contribution in [2.24, 2.45) is 0 Å². The van der Waals surface area contributed by atoms with Gasteiger partial charge in [-0.2, -0.15) is 0 Å². The SMILES string of the molecule is CC1(C)OC[C@H](/C=C/C(=O)c2ccccn2)O1. The normalized spacial score (nSPS) is 23.1. The van der Waals surface area contributed by atoms with Crippen LogP contribution in [0.25, 0.3) is 0 Å². The van der Waals surface area contributed by atoms with Crippen molar-refractivity contribution >= 4 is 5.78 Å². The standard InChI is InChI=1S/C13H15NO3/c1-13(2)16-9-10(17-13)6-7-12(15)11-5-3-4-8-14-11/h3-8,10H,9H2,1-2H3/b7-6+/t10-/m0/s1. The van der Waals surface area contributed by atoms with E-state index >= 15 is 0 Å². The van der Waals surface area contributed by atoms with Crippen LogP contribution >= 0.6 is 0 Å². The summed E-state index contributed by atoms with van der Waals surface area (Å²) in [7, 11) is 0. The number of carbonyl (C=O) groups excluding carboxylic acids is 1. The molecular formula is C13H15NO3. The first-order valence-corrected chi connectivity index (χ1v) is 5.52. The number of allylic oxidation sites excluding steroid dienone is 1. The summed E-state index contributed by atoms with van der Waals surface area (Å²) in [4.78, 5) is 15.7. The minimum Gasteiger partial charge on any atom is -0.347 e. The second-order valence-corrected chi connectivity index (χ2v) is 4.31. The Labute approximate surface area is 100 Å². The predicted octanol–water partition coefficient (Wildman–Crippen LogP) is 1.97. The fourth-order valence-electron chi connectivity index (χ4n) is 1.60. The lowest BCUT2D eigenvalue weighted by molar-refractivity contribution is -0.133. The molecule has 1 aromatic heterocycles. The van der Waals surface area contributed by atoms with Crippen LogP contribution in [0.1, 0.15) is 24.3 Å². The summed E-state index contributed by atoms with van der Waals surface area (Å²) < 4.78 is 10.9. The molecule has 0 unspecified atom stereocenters. The van der Waals surface area contributed by atoms with Crippen molar-refractivity contribution in [3.63, 3.8) is 0 Å². The second kappa shape index (κ2) is 4.77. The molecule has 17 heavy (non-hydrogen) atoms. The molecule has 0 aromatic carbocycles. The minimum absolute atomic E-state index is 0.126. The number of pyridine rings is 1. The van der Waals surface area contributed by atoms with Crippen molar-refractivity contribution in [1.82, 2.24) is 4.98 Å². The summed E-state index contributed by atoms with van der Waals surface area (Å²) >= 11 is 0. The predicted molar refractivity (Wildman–Crippen MR) is 62.6 cm³/mol. The molecule has 4 nitrogen and oxygen atoms in total. The zero-order chi connectivity index (χ0) is 12.3. The Morgan fingerprint density at radius 1 is 1.53 bits per heavy atom. The van der Waals surface area contributed by atoms with E-state index in [4.69, 9.17) is 9.47 Å². The van der Waals surface area contributed by atoms with E-state index in [1.54, 1.807) is 30.5 Å². The number of ketones is 1. The maximum Gasteiger partial charge on any atom is 0.203 e. The van der Waals surface area contributed by atoms with Crippen LogP contribution in [0.3, 0.4) is 0 Å². The van der Waals surface area contributed by atoms with E-state index < -0.39 is 5.79 Å².